The smallest absolute Gasteiger partial charge is 0.286 e. The lowest BCUT2D eigenvalue weighted by molar-refractivity contribution is -0.113. The number of amides is 1. The number of carbonyl (C=O) groups excluding carboxylic acids is 1. The first-order chi connectivity index (χ1) is 14.6. The number of benzene rings is 2. The number of para-hydroxylation sites is 1. The average Bonchev–Trinajstić information content (AvgIpc) is 3.11. The van der Waals surface area contributed by atoms with Crippen molar-refractivity contribution in [2.75, 3.05) is 26.2 Å². The lowest BCUT2D eigenvalue weighted by Gasteiger charge is -2.35. The second kappa shape index (κ2) is 9.49. The minimum atomic E-state index is -0.166. The van der Waals surface area contributed by atoms with Gasteiger partial charge < -0.3 is 9.64 Å². The van der Waals surface area contributed by atoms with Crippen LogP contribution < -0.4 is 4.74 Å². The van der Waals surface area contributed by atoms with E-state index in [0.29, 0.717) is 4.91 Å². The van der Waals surface area contributed by atoms with E-state index in [9.17, 15) is 4.79 Å². The molecular weight excluding hydrogens is 394 g/mol. The number of thioether (sulfide) groups is 1. The highest BCUT2D eigenvalue weighted by atomic mass is 32.2. The molecule has 0 unspecified atom stereocenters. The first kappa shape index (κ1) is 20.7. The number of carbonyl (C=O) groups is 1. The van der Waals surface area contributed by atoms with Crippen LogP contribution in [0.15, 0.2) is 64.5 Å². The molecular formula is C24H27N3O2S. The molecule has 2 aromatic carbocycles. The van der Waals surface area contributed by atoms with Crippen LogP contribution in [-0.2, 0) is 11.3 Å². The Kier molecular flexibility index (Phi) is 6.55. The number of amidine groups is 1. The molecule has 0 N–H and O–H groups in total. The lowest BCUT2D eigenvalue weighted by atomic mass is 10.2. The summed E-state index contributed by atoms with van der Waals surface area (Å²) < 4.78 is 5.88. The largest absolute Gasteiger partial charge is 0.490 e. The summed E-state index contributed by atoms with van der Waals surface area (Å²) in [5.41, 5.74) is 2.24. The number of hydrogen-bond donors (Lipinski definition) is 0. The van der Waals surface area contributed by atoms with Gasteiger partial charge in [0.2, 0.25) is 0 Å². The number of ether oxygens (including phenoxy) is 1. The molecule has 2 aromatic rings. The van der Waals surface area contributed by atoms with Gasteiger partial charge in [-0.15, -0.1) is 0 Å². The summed E-state index contributed by atoms with van der Waals surface area (Å²) in [5, 5.41) is 0.813. The third kappa shape index (κ3) is 5.12. The summed E-state index contributed by atoms with van der Waals surface area (Å²) in [5.74, 6) is 0.623. The summed E-state index contributed by atoms with van der Waals surface area (Å²) in [4.78, 5) is 22.2. The topological polar surface area (TPSA) is 45.1 Å². The molecule has 1 saturated heterocycles. The van der Waals surface area contributed by atoms with Crippen LogP contribution in [0.5, 0.6) is 5.75 Å². The van der Waals surface area contributed by atoms with E-state index >= 15 is 0 Å². The van der Waals surface area contributed by atoms with Gasteiger partial charge in [0.25, 0.3) is 5.91 Å². The second-order valence-electron chi connectivity index (χ2n) is 7.76. The Labute approximate surface area is 182 Å². The summed E-state index contributed by atoms with van der Waals surface area (Å²) >= 11 is 1.47. The van der Waals surface area contributed by atoms with E-state index in [2.05, 4.69) is 39.1 Å². The lowest BCUT2D eigenvalue weighted by Crippen LogP contribution is -2.47. The second-order valence-corrected chi connectivity index (χ2v) is 8.77. The van der Waals surface area contributed by atoms with Crippen LogP contribution in [0.1, 0.15) is 25.0 Å². The molecule has 2 aliphatic rings. The molecule has 4 rings (SSSR count). The van der Waals surface area contributed by atoms with Gasteiger partial charge >= 0.3 is 0 Å². The van der Waals surface area contributed by atoms with Crippen molar-refractivity contribution in [2.45, 2.75) is 26.5 Å². The minimum Gasteiger partial charge on any atom is -0.490 e. The Balaban J connectivity index is 1.37. The van der Waals surface area contributed by atoms with Gasteiger partial charge in [-0.1, -0.05) is 48.5 Å². The maximum absolute atomic E-state index is 12.5. The van der Waals surface area contributed by atoms with Crippen molar-refractivity contribution >= 4 is 28.9 Å². The fourth-order valence-electron chi connectivity index (χ4n) is 3.57. The summed E-state index contributed by atoms with van der Waals surface area (Å²) in [6, 6.07) is 18.4. The van der Waals surface area contributed by atoms with E-state index in [1.165, 1.54) is 17.3 Å². The Hall–Kier alpha value is -2.57. The zero-order valence-corrected chi connectivity index (χ0v) is 18.3. The molecule has 0 spiro atoms. The van der Waals surface area contributed by atoms with Crippen molar-refractivity contribution in [2.24, 2.45) is 4.99 Å². The van der Waals surface area contributed by atoms with Crippen LogP contribution >= 0.6 is 11.8 Å². The van der Waals surface area contributed by atoms with E-state index in [4.69, 9.17) is 4.74 Å². The van der Waals surface area contributed by atoms with Crippen molar-refractivity contribution in [3.8, 4) is 5.75 Å². The third-order valence-electron chi connectivity index (χ3n) is 5.07. The van der Waals surface area contributed by atoms with E-state index in [0.717, 1.165) is 49.2 Å². The summed E-state index contributed by atoms with van der Waals surface area (Å²) in [7, 11) is 0. The monoisotopic (exact) mass is 421 g/mol. The summed E-state index contributed by atoms with van der Waals surface area (Å²) in [6.07, 6.45) is 1.97. The van der Waals surface area contributed by atoms with Crippen molar-refractivity contribution in [3.63, 3.8) is 0 Å². The molecule has 0 aromatic heterocycles. The Bertz CT molecular complexity index is 948. The van der Waals surface area contributed by atoms with E-state index in [-0.39, 0.29) is 12.0 Å². The molecule has 2 heterocycles. The van der Waals surface area contributed by atoms with E-state index in [1.54, 1.807) is 0 Å². The zero-order valence-electron chi connectivity index (χ0n) is 17.5. The highest BCUT2D eigenvalue weighted by Gasteiger charge is 2.28. The van der Waals surface area contributed by atoms with Crippen molar-refractivity contribution in [1.29, 1.82) is 0 Å². The number of nitrogens with zero attached hydrogens (tertiary/aromatic N) is 3. The molecule has 0 aliphatic carbocycles. The van der Waals surface area contributed by atoms with Gasteiger partial charge in [0.15, 0.2) is 5.17 Å². The van der Waals surface area contributed by atoms with Gasteiger partial charge in [0.1, 0.15) is 5.75 Å². The SMILES string of the molecule is CC(C)Oc1ccccc1/C=C1\SC(N2CCN(Cc3ccccc3)CC2)=NC1=O. The highest BCUT2D eigenvalue weighted by molar-refractivity contribution is 8.18. The van der Waals surface area contributed by atoms with Gasteiger partial charge in [0, 0.05) is 38.3 Å². The van der Waals surface area contributed by atoms with Crippen LogP contribution in [0.3, 0.4) is 0 Å². The molecule has 0 radical (unpaired) electrons. The highest BCUT2D eigenvalue weighted by Crippen LogP contribution is 2.33. The number of rotatable bonds is 5. The first-order valence-corrected chi connectivity index (χ1v) is 11.2. The zero-order chi connectivity index (χ0) is 20.9. The summed E-state index contributed by atoms with van der Waals surface area (Å²) in [6.45, 7) is 8.65. The normalized spacial score (nSPS) is 18.9. The van der Waals surface area contributed by atoms with Crippen molar-refractivity contribution in [3.05, 3.63) is 70.6 Å². The Morgan fingerprint density at radius 3 is 2.47 bits per heavy atom. The quantitative estimate of drug-likeness (QED) is 0.675. The van der Waals surface area contributed by atoms with Crippen LogP contribution in [-0.4, -0.2) is 53.2 Å². The van der Waals surface area contributed by atoms with E-state index < -0.39 is 0 Å². The fraction of sp³-hybridized carbons (Fsp3) is 0.333. The van der Waals surface area contributed by atoms with Crippen LogP contribution in [0.2, 0.25) is 0 Å². The molecule has 1 fully saturated rings. The number of aliphatic imine (C=N–C) groups is 1. The van der Waals surface area contributed by atoms with Crippen LogP contribution in [0.25, 0.3) is 6.08 Å². The average molecular weight is 422 g/mol. The van der Waals surface area contributed by atoms with Crippen molar-refractivity contribution < 1.29 is 9.53 Å². The standard InChI is InChI=1S/C24H27N3O2S/c1-18(2)29-21-11-7-6-10-20(21)16-22-23(28)25-24(30-22)27-14-12-26(13-15-27)17-19-8-4-3-5-9-19/h3-11,16,18H,12-15,17H2,1-2H3/b22-16-. The Morgan fingerprint density at radius 2 is 1.73 bits per heavy atom. The van der Waals surface area contributed by atoms with Crippen LogP contribution in [0, 0.1) is 0 Å². The third-order valence-corrected chi connectivity index (χ3v) is 6.11. The molecule has 2 aliphatic heterocycles. The molecule has 0 atom stereocenters. The molecule has 156 valence electrons. The van der Waals surface area contributed by atoms with Gasteiger partial charge in [0.05, 0.1) is 11.0 Å². The molecule has 0 saturated carbocycles. The molecule has 30 heavy (non-hydrogen) atoms. The van der Waals surface area contributed by atoms with Gasteiger partial charge in [-0.05, 0) is 43.3 Å². The van der Waals surface area contributed by atoms with Crippen molar-refractivity contribution in [1.82, 2.24) is 9.80 Å². The van der Waals surface area contributed by atoms with Crippen LogP contribution in [0.4, 0.5) is 0 Å². The maximum atomic E-state index is 12.5. The molecule has 0 bridgehead atoms. The van der Waals surface area contributed by atoms with E-state index in [1.807, 2.05) is 50.3 Å². The first-order valence-electron chi connectivity index (χ1n) is 10.4. The predicted molar refractivity (Wildman–Crippen MR) is 124 cm³/mol. The maximum Gasteiger partial charge on any atom is 0.286 e. The molecule has 6 heteroatoms. The molecule has 1 amide bonds. The fourth-order valence-corrected chi connectivity index (χ4v) is 4.53. The minimum absolute atomic E-state index is 0.0791. The number of hydrogen-bond acceptors (Lipinski definition) is 5. The Morgan fingerprint density at radius 1 is 1.03 bits per heavy atom. The van der Waals surface area contributed by atoms with Gasteiger partial charge in [-0.25, -0.2) is 0 Å². The number of piperazine rings is 1. The predicted octanol–water partition coefficient (Wildman–Crippen LogP) is 4.26. The molecule has 5 nitrogen and oxygen atoms in total. The van der Waals surface area contributed by atoms with Gasteiger partial charge in [-0.2, -0.15) is 4.99 Å². The van der Waals surface area contributed by atoms with Gasteiger partial charge in [-0.3, -0.25) is 9.69 Å².